The highest BCUT2D eigenvalue weighted by molar-refractivity contribution is 9.18. The summed E-state index contributed by atoms with van der Waals surface area (Å²) in [7, 11) is -2.42. The third-order valence-electron chi connectivity index (χ3n) is 4.05. The van der Waals surface area contributed by atoms with Gasteiger partial charge in [-0.3, -0.25) is 0 Å². The molecule has 2 aromatic rings. The molecule has 0 amide bonds. The first kappa shape index (κ1) is 20.6. The second kappa shape index (κ2) is 7.72. The third kappa shape index (κ3) is 4.47. The van der Waals surface area contributed by atoms with Crippen LogP contribution in [0, 0.1) is 0 Å². The van der Waals surface area contributed by atoms with Crippen molar-refractivity contribution in [1.29, 1.82) is 0 Å². The largest absolute Gasteiger partial charge is 0.416 e. The lowest BCUT2D eigenvalue weighted by molar-refractivity contribution is -0.137. The lowest BCUT2D eigenvalue weighted by atomic mass is 10.0. The van der Waals surface area contributed by atoms with Crippen LogP contribution in [0.3, 0.4) is 0 Å². The summed E-state index contributed by atoms with van der Waals surface area (Å²) in [6, 6.07) is 8.97. The molecule has 28 heavy (non-hydrogen) atoms. The zero-order valence-corrected chi connectivity index (χ0v) is 16.8. The van der Waals surface area contributed by atoms with E-state index in [4.69, 9.17) is 4.84 Å². The van der Waals surface area contributed by atoms with Crippen LogP contribution in [-0.4, -0.2) is 20.1 Å². The molecule has 0 saturated heterocycles. The standard InChI is InChI=1S/C17H15BrF3N3O3S/c1-22-28(25,26)12-5-6-14(13(8-12)15-9-16(18)24-27-15)23-11-4-2-3-10(7-11)17(19,20)21/h2-8,15,22-23H,9H2,1H3/t15-/m0/s1. The second-order valence-electron chi connectivity index (χ2n) is 5.93. The van der Waals surface area contributed by atoms with Gasteiger partial charge in [0.1, 0.15) is 4.62 Å². The Bertz CT molecular complexity index is 1030. The molecule has 2 aromatic carbocycles. The van der Waals surface area contributed by atoms with Gasteiger partial charge in [-0.1, -0.05) is 11.2 Å². The Morgan fingerprint density at radius 1 is 1.21 bits per heavy atom. The maximum absolute atomic E-state index is 13.0. The van der Waals surface area contributed by atoms with E-state index < -0.39 is 27.9 Å². The zero-order valence-electron chi connectivity index (χ0n) is 14.4. The molecule has 1 aliphatic rings. The van der Waals surface area contributed by atoms with Crippen molar-refractivity contribution >= 4 is 41.9 Å². The van der Waals surface area contributed by atoms with Crippen molar-refractivity contribution in [1.82, 2.24) is 4.72 Å². The minimum absolute atomic E-state index is 0.00575. The Morgan fingerprint density at radius 2 is 1.96 bits per heavy atom. The van der Waals surface area contributed by atoms with Gasteiger partial charge in [0.15, 0.2) is 6.10 Å². The van der Waals surface area contributed by atoms with Gasteiger partial charge in [0.25, 0.3) is 0 Å². The van der Waals surface area contributed by atoms with Crippen LogP contribution in [0.2, 0.25) is 0 Å². The van der Waals surface area contributed by atoms with Gasteiger partial charge in [0.2, 0.25) is 10.0 Å². The summed E-state index contributed by atoms with van der Waals surface area (Å²) in [5.41, 5.74) is 0.276. The summed E-state index contributed by atoms with van der Waals surface area (Å²) in [6.45, 7) is 0. The van der Waals surface area contributed by atoms with Crippen molar-refractivity contribution < 1.29 is 26.4 Å². The normalized spacial score (nSPS) is 17.2. The second-order valence-corrected chi connectivity index (χ2v) is 8.73. The molecule has 1 aliphatic heterocycles. The van der Waals surface area contributed by atoms with Crippen LogP contribution >= 0.6 is 15.9 Å². The van der Waals surface area contributed by atoms with Crippen molar-refractivity contribution in [3.63, 3.8) is 0 Å². The van der Waals surface area contributed by atoms with Crippen molar-refractivity contribution in [3.05, 3.63) is 53.6 Å². The lowest BCUT2D eigenvalue weighted by Crippen LogP contribution is -2.19. The summed E-state index contributed by atoms with van der Waals surface area (Å²) >= 11 is 3.22. The van der Waals surface area contributed by atoms with E-state index in [1.165, 1.54) is 37.4 Å². The number of nitrogens with zero attached hydrogens (tertiary/aromatic N) is 1. The first-order valence-corrected chi connectivity index (χ1v) is 10.3. The van der Waals surface area contributed by atoms with Crippen LogP contribution in [-0.2, 0) is 21.0 Å². The molecule has 0 bridgehead atoms. The molecule has 0 aliphatic carbocycles. The molecule has 2 N–H and O–H groups in total. The molecule has 6 nitrogen and oxygen atoms in total. The topological polar surface area (TPSA) is 79.8 Å². The van der Waals surface area contributed by atoms with E-state index in [1.807, 2.05) is 0 Å². The highest BCUT2D eigenvalue weighted by atomic mass is 79.9. The molecule has 0 radical (unpaired) electrons. The van der Waals surface area contributed by atoms with Crippen LogP contribution < -0.4 is 10.0 Å². The van der Waals surface area contributed by atoms with Gasteiger partial charge in [0, 0.05) is 23.4 Å². The molecule has 1 heterocycles. The van der Waals surface area contributed by atoms with E-state index in [0.717, 1.165) is 12.1 Å². The average Bonchev–Trinajstić information content (AvgIpc) is 3.07. The van der Waals surface area contributed by atoms with E-state index in [2.05, 4.69) is 31.1 Å². The molecular formula is C17H15BrF3N3O3S. The quantitative estimate of drug-likeness (QED) is 0.662. The summed E-state index contributed by atoms with van der Waals surface area (Å²) < 4.78 is 65.9. The molecule has 0 spiro atoms. The van der Waals surface area contributed by atoms with Crippen molar-refractivity contribution in [2.24, 2.45) is 5.16 Å². The fraction of sp³-hybridized carbons (Fsp3) is 0.235. The van der Waals surface area contributed by atoms with Crippen molar-refractivity contribution in [2.75, 3.05) is 12.4 Å². The number of rotatable bonds is 5. The maximum Gasteiger partial charge on any atom is 0.416 e. The lowest BCUT2D eigenvalue weighted by Gasteiger charge is -2.18. The number of anilines is 2. The first-order valence-electron chi connectivity index (χ1n) is 8.00. The molecule has 11 heteroatoms. The van der Waals surface area contributed by atoms with Crippen LogP contribution in [0.5, 0.6) is 0 Å². The van der Waals surface area contributed by atoms with Crippen LogP contribution in [0.1, 0.15) is 23.7 Å². The fourth-order valence-electron chi connectivity index (χ4n) is 2.65. The number of hydrogen-bond acceptors (Lipinski definition) is 5. The Morgan fingerprint density at radius 3 is 2.57 bits per heavy atom. The summed E-state index contributed by atoms with van der Waals surface area (Å²) in [5.74, 6) is 0. The molecule has 0 saturated carbocycles. The predicted octanol–water partition coefficient (Wildman–Crippen LogP) is 4.53. The smallest absolute Gasteiger partial charge is 0.386 e. The highest BCUT2D eigenvalue weighted by Gasteiger charge is 2.31. The zero-order chi connectivity index (χ0) is 20.5. The molecule has 150 valence electrons. The Balaban J connectivity index is 2.01. The number of hydrogen-bond donors (Lipinski definition) is 2. The number of sulfonamides is 1. The molecule has 0 aromatic heterocycles. The van der Waals surface area contributed by atoms with E-state index in [-0.39, 0.29) is 10.6 Å². The summed E-state index contributed by atoms with van der Waals surface area (Å²) in [5, 5.41) is 6.70. The Labute approximate surface area is 167 Å². The summed E-state index contributed by atoms with van der Waals surface area (Å²) in [6.07, 6.45) is -4.70. The number of nitrogens with one attached hydrogen (secondary N) is 2. The van der Waals surface area contributed by atoms with Crippen molar-refractivity contribution in [3.8, 4) is 0 Å². The molecule has 3 rings (SSSR count). The predicted molar refractivity (Wildman–Crippen MR) is 102 cm³/mol. The van der Waals surface area contributed by atoms with E-state index >= 15 is 0 Å². The van der Waals surface area contributed by atoms with Gasteiger partial charge < -0.3 is 10.2 Å². The van der Waals surface area contributed by atoms with E-state index in [0.29, 0.717) is 22.3 Å². The van der Waals surface area contributed by atoms with Gasteiger partial charge in [-0.15, -0.1) is 0 Å². The third-order valence-corrected chi connectivity index (χ3v) is 5.93. The van der Waals surface area contributed by atoms with Crippen LogP contribution in [0.4, 0.5) is 24.5 Å². The SMILES string of the molecule is CNS(=O)(=O)c1ccc(Nc2cccc(C(F)(F)F)c2)c([C@@H]2CC(Br)=NO2)c1. The van der Waals surface area contributed by atoms with Gasteiger partial charge in [-0.25, -0.2) is 13.1 Å². The summed E-state index contributed by atoms with van der Waals surface area (Å²) in [4.78, 5) is 5.32. The number of benzene rings is 2. The number of alkyl halides is 3. The molecule has 1 atom stereocenters. The Hall–Kier alpha value is -2.11. The van der Waals surface area contributed by atoms with Crippen LogP contribution in [0.15, 0.2) is 52.5 Å². The average molecular weight is 478 g/mol. The van der Waals surface area contributed by atoms with Crippen molar-refractivity contribution in [2.45, 2.75) is 23.6 Å². The fourth-order valence-corrected chi connectivity index (χ4v) is 3.79. The minimum atomic E-state index is -4.47. The van der Waals surface area contributed by atoms with Gasteiger partial charge in [-0.2, -0.15) is 13.2 Å². The van der Waals surface area contributed by atoms with Gasteiger partial charge in [0.05, 0.1) is 10.5 Å². The van der Waals surface area contributed by atoms with Crippen LogP contribution in [0.25, 0.3) is 0 Å². The van der Waals surface area contributed by atoms with Gasteiger partial charge in [-0.05, 0) is 59.4 Å². The molecule has 0 unspecified atom stereocenters. The highest BCUT2D eigenvalue weighted by Crippen LogP contribution is 2.37. The number of oxime groups is 1. The maximum atomic E-state index is 13.0. The molecule has 0 fully saturated rings. The monoisotopic (exact) mass is 477 g/mol. The minimum Gasteiger partial charge on any atom is -0.386 e. The Kier molecular flexibility index (Phi) is 5.69. The van der Waals surface area contributed by atoms with E-state index in [1.54, 1.807) is 0 Å². The first-order chi connectivity index (χ1) is 13.1. The molecular weight excluding hydrogens is 463 g/mol. The number of halogens is 4. The van der Waals surface area contributed by atoms with Gasteiger partial charge >= 0.3 is 6.18 Å². The van der Waals surface area contributed by atoms with E-state index in [9.17, 15) is 21.6 Å².